The summed E-state index contributed by atoms with van der Waals surface area (Å²) in [5, 5.41) is 38.8. The summed E-state index contributed by atoms with van der Waals surface area (Å²) in [6, 6.07) is 12.6. The summed E-state index contributed by atoms with van der Waals surface area (Å²) in [5.74, 6) is -2.68. The zero-order chi connectivity index (χ0) is 31.2. The average Bonchev–Trinajstić information content (AvgIpc) is 3.21. The van der Waals surface area contributed by atoms with Crippen molar-refractivity contribution in [3.63, 3.8) is 0 Å². The molecule has 4 aromatic carbocycles. The third kappa shape index (κ3) is 5.56. The minimum Gasteiger partial charge on any atom is -0.505 e. The number of benzene rings is 4. The molecule has 13 heteroatoms. The van der Waals surface area contributed by atoms with Gasteiger partial charge >= 0.3 is 12.3 Å². The van der Waals surface area contributed by atoms with E-state index in [1.54, 1.807) is 0 Å². The minimum absolute atomic E-state index is 0.0310. The molecule has 0 atom stereocenters. The number of carboxylic acid groups (broad SMARTS) is 1. The summed E-state index contributed by atoms with van der Waals surface area (Å²) in [6.45, 7) is 2.92. The van der Waals surface area contributed by atoms with Crippen molar-refractivity contribution in [2.24, 2.45) is 10.2 Å². The van der Waals surface area contributed by atoms with E-state index >= 15 is 0 Å². The molecular formula is C30H20F5N3O5. The minimum atomic E-state index is -4.72. The highest BCUT2D eigenvalue weighted by atomic mass is 19.4. The molecule has 43 heavy (non-hydrogen) atoms. The van der Waals surface area contributed by atoms with E-state index in [0.717, 1.165) is 34.9 Å². The molecule has 220 valence electrons. The molecule has 0 fully saturated rings. The fourth-order valence-corrected chi connectivity index (χ4v) is 4.66. The van der Waals surface area contributed by atoms with Crippen LogP contribution in [-0.4, -0.2) is 26.0 Å². The topological polar surface area (TPSA) is 117 Å². The van der Waals surface area contributed by atoms with E-state index in [4.69, 9.17) is 5.11 Å². The smallest absolute Gasteiger partial charge is 0.505 e. The van der Waals surface area contributed by atoms with Gasteiger partial charge in [0.1, 0.15) is 23.1 Å². The molecule has 1 heterocycles. The summed E-state index contributed by atoms with van der Waals surface area (Å²) in [6.07, 6.45) is -6.30. The van der Waals surface area contributed by atoms with Gasteiger partial charge in [0, 0.05) is 22.7 Å². The van der Waals surface area contributed by atoms with Crippen molar-refractivity contribution >= 4 is 28.4 Å². The van der Waals surface area contributed by atoms with Gasteiger partial charge in [-0.15, -0.1) is 10.2 Å². The van der Waals surface area contributed by atoms with Crippen LogP contribution in [0.15, 0.2) is 77.0 Å². The summed E-state index contributed by atoms with van der Waals surface area (Å²) in [4.78, 5) is 10.9. The highest BCUT2D eigenvalue weighted by Crippen LogP contribution is 2.45. The first-order valence-electron chi connectivity index (χ1n) is 12.4. The van der Waals surface area contributed by atoms with E-state index in [1.807, 2.05) is 0 Å². The molecule has 0 aliphatic heterocycles. The monoisotopic (exact) mass is 597 g/mol. The highest BCUT2D eigenvalue weighted by Gasteiger charge is 2.32. The molecule has 5 aromatic rings. The highest BCUT2D eigenvalue weighted by molar-refractivity contribution is 5.97. The number of hydrogen-bond donors (Lipinski definition) is 3. The summed E-state index contributed by atoms with van der Waals surface area (Å²) >= 11 is 0. The molecule has 0 spiro atoms. The number of halogens is 5. The molecule has 0 radical (unpaired) electrons. The largest absolute Gasteiger partial charge is 0.511 e. The number of ether oxygens (including phenoxy) is 1. The Kier molecular flexibility index (Phi) is 7.26. The van der Waals surface area contributed by atoms with Crippen LogP contribution in [0, 0.1) is 25.5 Å². The number of aromatic hydroxyl groups is 2. The van der Waals surface area contributed by atoms with E-state index in [2.05, 4.69) is 15.0 Å². The Labute approximate surface area is 239 Å². The average molecular weight is 597 g/mol. The Morgan fingerprint density at radius 3 is 2.26 bits per heavy atom. The van der Waals surface area contributed by atoms with Gasteiger partial charge in [-0.05, 0) is 79.1 Å². The van der Waals surface area contributed by atoms with E-state index < -0.39 is 46.8 Å². The van der Waals surface area contributed by atoms with Gasteiger partial charge in [0.2, 0.25) is 5.88 Å². The Balaban J connectivity index is 1.67. The number of carbonyl (C=O) groups is 1. The molecule has 0 aliphatic carbocycles. The molecule has 8 nitrogen and oxygen atoms in total. The van der Waals surface area contributed by atoms with Crippen molar-refractivity contribution in [1.82, 2.24) is 4.57 Å². The maximum atomic E-state index is 14.6. The Hall–Kier alpha value is -5.46. The lowest BCUT2D eigenvalue weighted by Gasteiger charge is -2.12. The molecule has 3 N–H and O–H groups in total. The first-order valence-corrected chi connectivity index (χ1v) is 12.4. The Bertz CT molecular complexity index is 1930. The maximum absolute atomic E-state index is 14.6. The number of nitrogens with zero attached hydrogens (tertiary/aromatic N) is 3. The van der Waals surface area contributed by atoms with Gasteiger partial charge < -0.3 is 20.1 Å². The zero-order valence-electron chi connectivity index (χ0n) is 22.2. The number of phenolic OH excluding ortho intramolecular Hbond substituents is 1. The summed E-state index contributed by atoms with van der Waals surface area (Å²) in [5.41, 5.74) is -1.24. The van der Waals surface area contributed by atoms with Crippen LogP contribution < -0.4 is 4.74 Å². The molecule has 0 bridgehead atoms. The predicted molar refractivity (Wildman–Crippen MR) is 146 cm³/mol. The van der Waals surface area contributed by atoms with Gasteiger partial charge in [0.05, 0.1) is 11.1 Å². The quantitative estimate of drug-likeness (QED) is 0.0809. The van der Waals surface area contributed by atoms with Crippen molar-refractivity contribution in [1.29, 1.82) is 0 Å². The number of rotatable bonds is 5. The lowest BCUT2D eigenvalue weighted by Crippen LogP contribution is -2.05. The van der Waals surface area contributed by atoms with E-state index in [-0.39, 0.29) is 50.3 Å². The van der Waals surface area contributed by atoms with Crippen LogP contribution in [-0.2, 0) is 6.18 Å². The van der Waals surface area contributed by atoms with Crippen molar-refractivity contribution in [2.75, 3.05) is 0 Å². The number of alkyl halides is 3. The van der Waals surface area contributed by atoms with Crippen molar-refractivity contribution in [2.45, 2.75) is 20.0 Å². The molecule has 0 saturated heterocycles. The number of aryl methyl sites for hydroxylation is 2. The molecule has 1 aromatic heterocycles. The molecule has 5 rings (SSSR count). The number of fused-ring (bicyclic) bond motifs is 1. The van der Waals surface area contributed by atoms with Crippen LogP contribution >= 0.6 is 0 Å². The van der Waals surface area contributed by atoms with Gasteiger partial charge in [-0.25, -0.2) is 13.6 Å². The van der Waals surface area contributed by atoms with Gasteiger partial charge in [-0.3, -0.25) is 4.57 Å². The SMILES string of the molecule is Cc1cc(-n2c(O)c(N=Nc3cc(F)cc(-c4cccc(OC(=O)O)c4)c3O)c3ccc(C(F)(F)F)cc32)cc(C)c1F. The number of phenols is 1. The van der Waals surface area contributed by atoms with Gasteiger partial charge in [0.25, 0.3) is 0 Å². The number of azo groups is 1. The second-order valence-electron chi connectivity index (χ2n) is 9.55. The maximum Gasteiger partial charge on any atom is 0.511 e. The molecule has 0 aliphatic rings. The second-order valence-corrected chi connectivity index (χ2v) is 9.55. The number of hydrogen-bond acceptors (Lipinski definition) is 6. The van der Waals surface area contributed by atoms with Crippen LogP contribution in [0.1, 0.15) is 16.7 Å². The van der Waals surface area contributed by atoms with Gasteiger partial charge in [-0.2, -0.15) is 13.2 Å². The fourth-order valence-electron chi connectivity index (χ4n) is 4.66. The Morgan fingerprint density at radius 2 is 1.60 bits per heavy atom. The fraction of sp³-hybridized carbons (Fsp3) is 0.100. The third-order valence-electron chi connectivity index (χ3n) is 6.59. The first-order chi connectivity index (χ1) is 20.2. The van der Waals surface area contributed by atoms with E-state index in [1.165, 1.54) is 50.2 Å². The van der Waals surface area contributed by atoms with Gasteiger partial charge in [-0.1, -0.05) is 12.1 Å². The molecule has 0 saturated carbocycles. The second kappa shape index (κ2) is 10.7. The standard InChI is InChI=1S/C30H20F5N3O5/c1-14-8-19(9-15(2)25(14)32)38-24-11-17(30(33,34)35)6-7-21(24)26(28(38)40)37-36-23-13-18(31)12-22(27(23)39)16-4-3-5-20(10-16)43-29(41)42/h3-13,39-40H,1-2H3,(H,41,42). The summed E-state index contributed by atoms with van der Waals surface area (Å²) < 4.78 is 75.4. The van der Waals surface area contributed by atoms with Crippen LogP contribution in [0.25, 0.3) is 27.7 Å². The van der Waals surface area contributed by atoms with Gasteiger partial charge in [0.15, 0.2) is 11.4 Å². The van der Waals surface area contributed by atoms with Crippen LogP contribution in [0.5, 0.6) is 17.4 Å². The van der Waals surface area contributed by atoms with E-state index in [9.17, 15) is 37.0 Å². The molecule has 0 unspecified atom stereocenters. The zero-order valence-corrected chi connectivity index (χ0v) is 22.2. The first kappa shape index (κ1) is 29.0. The predicted octanol–water partition coefficient (Wildman–Crippen LogP) is 9.09. The third-order valence-corrected chi connectivity index (χ3v) is 6.59. The van der Waals surface area contributed by atoms with Crippen molar-refractivity contribution < 1.29 is 46.8 Å². The van der Waals surface area contributed by atoms with Crippen LogP contribution in [0.2, 0.25) is 0 Å². The molecule has 0 amide bonds. The van der Waals surface area contributed by atoms with Crippen LogP contribution in [0.4, 0.5) is 38.1 Å². The summed E-state index contributed by atoms with van der Waals surface area (Å²) in [7, 11) is 0. The lowest BCUT2D eigenvalue weighted by atomic mass is 10.0. The normalized spacial score (nSPS) is 11.9. The van der Waals surface area contributed by atoms with Crippen molar-refractivity contribution in [3.05, 3.63) is 95.1 Å². The molecular weight excluding hydrogens is 577 g/mol. The van der Waals surface area contributed by atoms with Crippen molar-refractivity contribution in [3.8, 4) is 34.2 Å². The Morgan fingerprint density at radius 1 is 0.907 bits per heavy atom. The van der Waals surface area contributed by atoms with E-state index in [0.29, 0.717) is 0 Å². The van der Waals surface area contributed by atoms with Crippen LogP contribution in [0.3, 0.4) is 0 Å². The number of aromatic nitrogens is 1. The lowest BCUT2D eigenvalue weighted by molar-refractivity contribution is -0.137.